The molecule has 0 spiro atoms. The second-order valence-corrected chi connectivity index (χ2v) is 14.6. The third-order valence-corrected chi connectivity index (χ3v) is 11.3. The second kappa shape index (κ2) is 13.6. The van der Waals surface area contributed by atoms with Gasteiger partial charge in [-0.15, -0.1) is 0 Å². The van der Waals surface area contributed by atoms with Crippen molar-refractivity contribution in [2.75, 3.05) is 4.90 Å². The maximum atomic E-state index is 2.43. The Balaban J connectivity index is 1.18. The van der Waals surface area contributed by atoms with Crippen molar-refractivity contribution in [3.05, 3.63) is 224 Å². The fourth-order valence-corrected chi connectivity index (χ4v) is 8.68. The molecule has 0 aliphatic rings. The summed E-state index contributed by atoms with van der Waals surface area (Å²) < 4.78 is 4.83. The second-order valence-electron chi connectivity index (χ2n) is 14.6. The molecule has 0 N–H and O–H groups in total. The van der Waals surface area contributed by atoms with Crippen LogP contribution >= 0.6 is 0 Å². The highest BCUT2D eigenvalue weighted by Gasteiger charge is 2.20. The highest BCUT2D eigenvalue weighted by atomic mass is 15.1. The molecule has 0 saturated heterocycles. The molecule has 11 aromatic rings. The quantitative estimate of drug-likeness (QED) is 0.159. The Morgan fingerprint density at radius 3 is 1.32 bits per heavy atom. The average molecular weight is 728 g/mol. The van der Waals surface area contributed by atoms with E-state index >= 15 is 0 Å². The van der Waals surface area contributed by atoms with Crippen LogP contribution in [-0.2, 0) is 0 Å². The zero-order valence-corrected chi connectivity index (χ0v) is 31.2. The Bertz CT molecular complexity index is 3160. The molecule has 0 aliphatic carbocycles. The molecule has 0 atom stereocenters. The van der Waals surface area contributed by atoms with Gasteiger partial charge in [-0.1, -0.05) is 146 Å². The molecule has 0 unspecified atom stereocenters. The lowest BCUT2D eigenvalue weighted by atomic mass is 10.0. The van der Waals surface area contributed by atoms with Crippen molar-refractivity contribution in [2.45, 2.75) is 0 Å². The molecule has 3 nitrogen and oxygen atoms in total. The summed E-state index contributed by atoms with van der Waals surface area (Å²) in [7, 11) is 0. The lowest BCUT2D eigenvalue weighted by Gasteiger charge is -2.27. The predicted molar refractivity (Wildman–Crippen MR) is 241 cm³/mol. The van der Waals surface area contributed by atoms with Gasteiger partial charge in [-0.2, -0.15) is 0 Å². The van der Waals surface area contributed by atoms with E-state index < -0.39 is 0 Å². The molecule has 0 fully saturated rings. The van der Waals surface area contributed by atoms with Gasteiger partial charge in [0.25, 0.3) is 0 Å². The SMILES string of the molecule is c1ccc(-c2ccc(N(c3ccccc3)c3cc(-c4ccc5c6ccccc6n(-c6ccccc6)c5c4)cc(-n4c5ccccc5c5ccccc54)c3)cc2)cc1. The van der Waals surface area contributed by atoms with Crippen molar-refractivity contribution in [1.29, 1.82) is 0 Å². The number of anilines is 3. The van der Waals surface area contributed by atoms with Gasteiger partial charge in [0.05, 0.1) is 22.1 Å². The van der Waals surface area contributed by atoms with Crippen LogP contribution in [0.1, 0.15) is 0 Å². The highest BCUT2D eigenvalue weighted by molar-refractivity contribution is 6.11. The molecule has 268 valence electrons. The first kappa shape index (κ1) is 32.8. The average Bonchev–Trinajstić information content (AvgIpc) is 3.80. The summed E-state index contributed by atoms with van der Waals surface area (Å²) in [6.07, 6.45) is 0. The Hall–Kier alpha value is -7.62. The van der Waals surface area contributed by atoms with Crippen molar-refractivity contribution in [3.63, 3.8) is 0 Å². The summed E-state index contributed by atoms with van der Waals surface area (Å²) in [4.78, 5) is 2.38. The number of aromatic nitrogens is 2. The topological polar surface area (TPSA) is 13.1 Å². The third kappa shape index (κ3) is 5.60. The van der Waals surface area contributed by atoms with E-state index in [9.17, 15) is 0 Å². The van der Waals surface area contributed by atoms with Gasteiger partial charge in [0, 0.05) is 50.0 Å². The van der Waals surface area contributed by atoms with E-state index in [0.29, 0.717) is 0 Å². The molecule has 3 heteroatoms. The van der Waals surface area contributed by atoms with Gasteiger partial charge >= 0.3 is 0 Å². The van der Waals surface area contributed by atoms with Gasteiger partial charge in [-0.3, -0.25) is 0 Å². The smallest absolute Gasteiger partial charge is 0.0547 e. The molecule has 2 aromatic heterocycles. The number of hydrogen-bond donors (Lipinski definition) is 0. The normalized spacial score (nSPS) is 11.5. The third-order valence-electron chi connectivity index (χ3n) is 11.3. The predicted octanol–water partition coefficient (Wildman–Crippen LogP) is 14.7. The molecule has 0 saturated carbocycles. The van der Waals surface area contributed by atoms with Crippen LogP contribution in [-0.4, -0.2) is 9.13 Å². The van der Waals surface area contributed by atoms with Gasteiger partial charge in [0.1, 0.15) is 0 Å². The minimum absolute atomic E-state index is 1.08. The molecule has 11 rings (SSSR count). The zero-order valence-electron chi connectivity index (χ0n) is 31.2. The summed E-state index contributed by atoms with van der Waals surface area (Å²) in [5, 5.41) is 4.97. The first-order valence-electron chi connectivity index (χ1n) is 19.5. The monoisotopic (exact) mass is 727 g/mol. The van der Waals surface area contributed by atoms with Gasteiger partial charge in [-0.05, 0) is 101 Å². The Kier molecular flexibility index (Phi) is 7.82. The van der Waals surface area contributed by atoms with Gasteiger partial charge in [0.2, 0.25) is 0 Å². The number of rotatable bonds is 7. The summed E-state index contributed by atoms with van der Waals surface area (Å²) in [6.45, 7) is 0. The molecule has 9 aromatic carbocycles. The molecule has 0 aliphatic heterocycles. The molecular weight excluding hydrogens is 691 g/mol. The zero-order chi connectivity index (χ0) is 37.7. The summed E-state index contributed by atoms with van der Waals surface area (Å²) >= 11 is 0. The van der Waals surface area contributed by atoms with Crippen molar-refractivity contribution < 1.29 is 0 Å². The number of para-hydroxylation sites is 5. The minimum Gasteiger partial charge on any atom is -0.310 e. The lowest BCUT2D eigenvalue weighted by Crippen LogP contribution is -2.11. The Morgan fingerprint density at radius 2 is 0.702 bits per heavy atom. The van der Waals surface area contributed by atoms with Crippen molar-refractivity contribution in [1.82, 2.24) is 9.13 Å². The maximum Gasteiger partial charge on any atom is 0.0547 e. The molecule has 57 heavy (non-hydrogen) atoms. The Morgan fingerprint density at radius 1 is 0.246 bits per heavy atom. The molecule has 0 bridgehead atoms. The van der Waals surface area contributed by atoms with Crippen molar-refractivity contribution in [3.8, 4) is 33.6 Å². The van der Waals surface area contributed by atoms with Crippen LogP contribution in [0, 0.1) is 0 Å². The minimum atomic E-state index is 1.08. The van der Waals surface area contributed by atoms with Gasteiger partial charge < -0.3 is 14.0 Å². The van der Waals surface area contributed by atoms with Crippen LogP contribution in [0.3, 0.4) is 0 Å². The van der Waals surface area contributed by atoms with Crippen LogP contribution in [0.15, 0.2) is 224 Å². The van der Waals surface area contributed by atoms with Crippen LogP contribution in [0.2, 0.25) is 0 Å². The maximum absolute atomic E-state index is 2.43. The van der Waals surface area contributed by atoms with Crippen molar-refractivity contribution in [2.24, 2.45) is 0 Å². The van der Waals surface area contributed by atoms with Crippen LogP contribution in [0.5, 0.6) is 0 Å². The number of hydrogen-bond acceptors (Lipinski definition) is 1. The van der Waals surface area contributed by atoms with Crippen molar-refractivity contribution >= 4 is 60.7 Å². The number of benzene rings is 9. The van der Waals surface area contributed by atoms with E-state index in [1.807, 2.05) is 0 Å². The van der Waals surface area contributed by atoms with E-state index in [-0.39, 0.29) is 0 Å². The highest BCUT2D eigenvalue weighted by Crippen LogP contribution is 2.42. The molecule has 0 radical (unpaired) electrons. The standard InChI is InChI=1S/C54H37N3/c1-4-16-38(17-5-1)39-28-31-44(32-29-39)55(42-18-6-2-7-19-42)45-34-41(35-46(37-45)57-52-26-14-10-22-47(52)48-23-11-15-27-53(48)57)40-30-33-50-49-24-12-13-25-51(49)56(54(50)36-40)43-20-8-3-9-21-43/h1-37H. The number of nitrogens with zero attached hydrogens (tertiary/aromatic N) is 3. The molecule has 2 heterocycles. The van der Waals surface area contributed by atoms with E-state index in [0.717, 1.165) is 39.6 Å². The van der Waals surface area contributed by atoms with Crippen LogP contribution in [0.4, 0.5) is 17.1 Å². The van der Waals surface area contributed by atoms with Gasteiger partial charge in [0.15, 0.2) is 0 Å². The summed E-state index contributed by atoms with van der Waals surface area (Å²) in [6, 6.07) is 81.2. The van der Waals surface area contributed by atoms with E-state index in [1.165, 1.54) is 54.7 Å². The number of fused-ring (bicyclic) bond motifs is 6. The van der Waals surface area contributed by atoms with E-state index in [2.05, 4.69) is 238 Å². The Labute approximate surface area is 331 Å². The van der Waals surface area contributed by atoms with Crippen LogP contribution in [0.25, 0.3) is 77.2 Å². The van der Waals surface area contributed by atoms with Crippen LogP contribution < -0.4 is 4.90 Å². The first-order valence-corrected chi connectivity index (χ1v) is 19.5. The fraction of sp³-hybridized carbons (Fsp3) is 0. The van der Waals surface area contributed by atoms with E-state index in [4.69, 9.17) is 0 Å². The van der Waals surface area contributed by atoms with Gasteiger partial charge in [-0.25, -0.2) is 0 Å². The van der Waals surface area contributed by atoms with E-state index in [1.54, 1.807) is 0 Å². The lowest BCUT2D eigenvalue weighted by molar-refractivity contribution is 1.17. The molecule has 0 amide bonds. The fourth-order valence-electron chi connectivity index (χ4n) is 8.68. The first-order chi connectivity index (χ1) is 28.3. The summed E-state index contributed by atoms with van der Waals surface area (Å²) in [5.41, 5.74) is 14.9. The molecular formula is C54H37N3. The summed E-state index contributed by atoms with van der Waals surface area (Å²) in [5.74, 6) is 0. The largest absolute Gasteiger partial charge is 0.310 e.